The van der Waals surface area contributed by atoms with Crippen LogP contribution in [0.15, 0.2) is 24.3 Å². The fourth-order valence-electron chi connectivity index (χ4n) is 1.57. The summed E-state index contributed by atoms with van der Waals surface area (Å²) in [5.74, 6) is 0.197. The summed E-state index contributed by atoms with van der Waals surface area (Å²) in [6.45, 7) is 2.27. The molecule has 1 aromatic carbocycles. The van der Waals surface area contributed by atoms with Crippen LogP contribution in [0.4, 0.5) is 10.2 Å². The normalized spacial score (nSPS) is 10.7. The number of hydrogen-bond acceptors (Lipinski definition) is 2. The highest BCUT2D eigenvalue weighted by atomic mass is 35.5. The molecule has 0 bridgehead atoms. The monoisotopic (exact) mass is 239 g/mol. The van der Waals surface area contributed by atoms with Gasteiger partial charge in [-0.15, -0.1) is 0 Å². The maximum atomic E-state index is 13.1. The number of rotatable bonds is 2. The van der Waals surface area contributed by atoms with Crippen LogP contribution in [-0.4, -0.2) is 9.78 Å². The third kappa shape index (κ3) is 2.33. The summed E-state index contributed by atoms with van der Waals surface area (Å²) in [6, 6.07) is 6.15. The maximum Gasteiger partial charge on any atom is 0.125 e. The molecule has 0 radical (unpaired) electrons. The van der Waals surface area contributed by atoms with E-state index in [4.69, 9.17) is 17.3 Å². The lowest BCUT2D eigenvalue weighted by atomic mass is 10.2. The largest absolute Gasteiger partial charge is 0.384 e. The third-order valence-electron chi connectivity index (χ3n) is 2.19. The van der Waals surface area contributed by atoms with Gasteiger partial charge in [0.1, 0.15) is 11.6 Å². The summed E-state index contributed by atoms with van der Waals surface area (Å²) in [4.78, 5) is 0. The summed E-state index contributed by atoms with van der Waals surface area (Å²) < 4.78 is 14.7. The minimum Gasteiger partial charge on any atom is -0.384 e. The van der Waals surface area contributed by atoms with Gasteiger partial charge in [-0.1, -0.05) is 11.6 Å². The Balaban J connectivity index is 2.30. The van der Waals surface area contributed by atoms with Crippen molar-refractivity contribution in [3.63, 3.8) is 0 Å². The van der Waals surface area contributed by atoms with Gasteiger partial charge in [0, 0.05) is 11.1 Å². The van der Waals surface area contributed by atoms with Crippen molar-refractivity contribution in [1.82, 2.24) is 9.78 Å². The van der Waals surface area contributed by atoms with Crippen LogP contribution < -0.4 is 5.73 Å². The van der Waals surface area contributed by atoms with E-state index in [1.165, 1.54) is 12.1 Å². The van der Waals surface area contributed by atoms with Gasteiger partial charge in [-0.25, -0.2) is 9.07 Å². The van der Waals surface area contributed by atoms with Gasteiger partial charge >= 0.3 is 0 Å². The molecular formula is C11H11ClFN3. The molecule has 0 atom stereocenters. The van der Waals surface area contributed by atoms with Crippen molar-refractivity contribution < 1.29 is 4.39 Å². The van der Waals surface area contributed by atoms with Gasteiger partial charge in [0.15, 0.2) is 0 Å². The second-order valence-electron chi connectivity index (χ2n) is 3.65. The topological polar surface area (TPSA) is 43.8 Å². The first kappa shape index (κ1) is 11.0. The zero-order valence-electron chi connectivity index (χ0n) is 8.74. The lowest BCUT2D eigenvalue weighted by molar-refractivity contribution is 0.620. The zero-order valence-corrected chi connectivity index (χ0v) is 9.50. The predicted molar refractivity (Wildman–Crippen MR) is 61.9 cm³/mol. The summed E-state index contributed by atoms with van der Waals surface area (Å²) in [5, 5.41) is 4.56. The van der Waals surface area contributed by atoms with E-state index in [-0.39, 0.29) is 5.82 Å². The standard InChI is InChI=1S/C11H11ClFN3/c1-7-2-11(14)16(15-7)6-8-3-9(12)5-10(13)4-8/h2-5H,6,14H2,1H3. The van der Waals surface area contributed by atoms with Gasteiger partial charge in [-0.2, -0.15) is 5.10 Å². The number of nitrogens with zero attached hydrogens (tertiary/aromatic N) is 2. The Morgan fingerprint density at radius 2 is 2.12 bits per heavy atom. The lowest BCUT2D eigenvalue weighted by Crippen LogP contribution is -2.06. The number of hydrogen-bond donors (Lipinski definition) is 1. The molecule has 0 aliphatic heterocycles. The van der Waals surface area contributed by atoms with E-state index in [1.807, 2.05) is 6.92 Å². The molecule has 0 unspecified atom stereocenters. The number of aromatic nitrogens is 2. The molecule has 1 heterocycles. The third-order valence-corrected chi connectivity index (χ3v) is 2.41. The molecule has 0 aliphatic carbocycles. The Kier molecular flexibility index (Phi) is 2.83. The van der Waals surface area contributed by atoms with Crippen LogP contribution in [0.3, 0.4) is 0 Å². The van der Waals surface area contributed by atoms with E-state index < -0.39 is 0 Å². The Morgan fingerprint density at radius 3 is 2.69 bits per heavy atom. The molecule has 3 nitrogen and oxygen atoms in total. The second kappa shape index (κ2) is 4.14. The van der Waals surface area contributed by atoms with Gasteiger partial charge in [-0.3, -0.25) is 0 Å². The van der Waals surface area contributed by atoms with Gasteiger partial charge in [0.2, 0.25) is 0 Å². The maximum absolute atomic E-state index is 13.1. The van der Waals surface area contributed by atoms with E-state index in [0.717, 1.165) is 11.3 Å². The summed E-state index contributed by atoms with van der Waals surface area (Å²) in [5.41, 5.74) is 7.31. The fraction of sp³-hybridized carbons (Fsp3) is 0.182. The van der Waals surface area contributed by atoms with Crippen LogP contribution in [0.5, 0.6) is 0 Å². The van der Waals surface area contributed by atoms with Crippen molar-refractivity contribution >= 4 is 17.4 Å². The van der Waals surface area contributed by atoms with Crippen molar-refractivity contribution in [2.45, 2.75) is 13.5 Å². The van der Waals surface area contributed by atoms with Crippen LogP contribution in [0, 0.1) is 12.7 Å². The number of nitrogen functional groups attached to an aromatic ring is 1. The molecule has 0 saturated heterocycles. The van der Waals surface area contributed by atoms with Crippen LogP contribution in [0.2, 0.25) is 5.02 Å². The molecular weight excluding hydrogens is 229 g/mol. The van der Waals surface area contributed by atoms with Gasteiger partial charge in [0.05, 0.1) is 12.2 Å². The zero-order chi connectivity index (χ0) is 11.7. The van der Waals surface area contributed by atoms with Crippen molar-refractivity contribution in [3.8, 4) is 0 Å². The van der Waals surface area contributed by atoms with E-state index in [9.17, 15) is 4.39 Å². The summed E-state index contributed by atoms with van der Waals surface area (Å²) in [6.07, 6.45) is 0. The number of halogens is 2. The quantitative estimate of drug-likeness (QED) is 0.876. The van der Waals surface area contributed by atoms with Crippen LogP contribution >= 0.6 is 11.6 Å². The van der Waals surface area contributed by atoms with Crippen molar-refractivity contribution in [3.05, 3.63) is 46.4 Å². The Bertz CT molecular complexity index is 502. The number of benzene rings is 1. The highest BCUT2D eigenvalue weighted by molar-refractivity contribution is 6.30. The smallest absolute Gasteiger partial charge is 0.125 e. The molecule has 84 valence electrons. The molecule has 16 heavy (non-hydrogen) atoms. The second-order valence-corrected chi connectivity index (χ2v) is 4.08. The van der Waals surface area contributed by atoms with E-state index in [0.29, 0.717) is 17.4 Å². The minimum atomic E-state index is -0.357. The summed E-state index contributed by atoms with van der Waals surface area (Å²) in [7, 11) is 0. The molecule has 5 heteroatoms. The Labute approximate surface area is 97.6 Å². The SMILES string of the molecule is Cc1cc(N)n(Cc2cc(F)cc(Cl)c2)n1. The Morgan fingerprint density at radius 1 is 1.38 bits per heavy atom. The first-order valence-corrected chi connectivity index (χ1v) is 5.17. The van der Waals surface area contributed by atoms with Crippen molar-refractivity contribution in [2.24, 2.45) is 0 Å². The lowest BCUT2D eigenvalue weighted by Gasteiger charge is -2.05. The Hall–Kier alpha value is -1.55. The molecule has 2 N–H and O–H groups in total. The van der Waals surface area contributed by atoms with Gasteiger partial charge in [0.25, 0.3) is 0 Å². The van der Waals surface area contributed by atoms with E-state index in [1.54, 1.807) is 16.8 Å². The van der Waals surface area contributed by atoms with Crippen molar-refractivity contribution in [2.75, 3.05) is 5.73 Å². The van der Waals surface area contributed by atoms with Gasteiger partial charge < -0.3 is 5.73 Å². The molecule has 0 aliphatic rings. The molecule has 0 amide bonds. The highest BCUT2D eigenvalue weighted by Crippen LogP contribution is 2.16. The molecule has 0 spiro atoms. The molecule has 0 saturated carbocycles. The first-order chi connectivity index (χ1) is 7.54. The highest BCUT2D eigenvalue weighted by Gasteiger charge is 2.04. The van der Waals surface area contributed by atoms with Crippen LogP contribution in [-0.2, 0) is 6.54 Å². The minimum absolute atomic E-state index is 0.357. The average molecular weight is 240 g/mol. The van der Waals surface area contributed by atoms with Crippen molar-refractivity contribution in [1.29, 1.82) is 0 Å². The molecule has 0 fully saturated rings. The first-order valence-electron chi connectivity index (χ1n) is 4.79. The summed E-state index contributed by atoms with van der Waals surface area (Å²) >= 11 is 5.76. The van der Waals surface area contributed by atoms with Crippen LogP contribution in [0.25, 0.3) is 0 Å². The molecule has 2 aromatic rings. The predicted octanol–water partition coefficient (Wildman–Crippen LogP) is 2.61. The molecule has 1 aromatic heterocycles. The fourth-order valence-corrected chi connectivity index (χ4v) is 1.81. The van der Waals surface area contributed by atoms with E-state index in [2.05, 4.69) is 5.10 Å². The number of anilines is 1. The average Bonchev–Trinajstić information content (AvgIpc) is 2.43. The van der Waals surface area contributed by atoms with E-state index >= 15 is 0 Å². The number of aryl methyl sites for hydroxylation is 1. The number of nitrogens with two attached hydrogens (primary N) is 1. The molecule has 2 rings (SSSR count). The van der Waals surface area contributed by atoms with Gasteiger partial charge in [-0.05, 0) is 30.7 Å². The van der Waals surface area contributed by atoms with Crippen LogP contribution in [0.1, 0.15) is 11.3 Å².